The third-order valence-electron chi connectivity index (χ3n) is 4.25. The van der Waals surface area contributed by atoms with Crippen LogP contribution in [0.25, 0.3) is 11.0 Å². The molecule has 0 unspecified atom stereocenters. The molecule has 2 aromatic rings. The number of aromatic nitrogens is 2. The number of carbonyl (C=O) groups is 1. The van der Waals surface area contributed by atoms with Gasteiger partial charge in [-0.3, -0.25) is 4.79 Å². The third kappa shape index (κ3) is 2.59. The van der Waals surface area contributed by atoms with Crippen molar-refractivity contribution in [3.8, 4) is 6.07 Å². The minimum Gasteiger partial charge on any atom is -0.339 e. The molecule has 0 spiro atoms. The Morgan fingerprint density at radius 3 is 2.71 bits per heavy atom. The molecule has 6 nitrogen and oxygen atoms in total. The van der Waals surface area contributed by atoms with E-state index in [1.165, 1.54) is 0 Å². The average molecular weight is 284 g/mol. The Kier molecular flexibility index (Phi) is 3.57. The highest BCUT2D eigenvalue weighted by Gasteiger charge is 2.27. The van der Waals surface area contributed by atoms with Crippen molar-refractivity contribution in [1.29, 1.82) is 5.26 Å². The molecule has 1 heterocycles. The number of amides is 1. The monoisotopic (exact) mass is 284 g/mol. The topological polar surface area (TPSA) is 83.0 Å². The van der Waals surface area contributed by atoms with E-state index in [9.17, 15) is 4.79 Å². The van der Waals surface area contributed by atoms with Crippen molar-refractivity contribution in [1.82, 2.24) is 15.2 Å². The number of benzene rings is 1. The van der Waals surface area contributed by atoms with Crippen molar-refractivity contribution in [3.05, 3.63) is 23.8 Å². The largest absolute Gasteiger partial charge is 0.339 e. The van der Waals surface area contributed by atoms with Gasteiger partial charge in [-0.05, 0) is 54.2 Å². The van der Waals surface area contributed by atoms with Crippen LogP contribution < -0.4 is 0 Å². The van der Waals surface area contributed by atoms with Crippen molar-refractivity contribution in [2.24, 2.45) is 5.92 Å². The van der Waals surface area contributed by atoms with Crippen LogP contribution in [0.4, 0.5) is 0 Å². The smallest absolute Gasteiger partial charge is 0.253 e. The van der Waals surface area contributed by atoms with Gasteiger partial charge in [0.25, 0.3) is 5.91 Å². The summed E-state index contributed by atoms with van der Waals surface area (Å²) in [5.74, 6) is 0.114. The maximum Gasteiger partial charge on any atom is 0.253 e. The molecule has 1 saturated carbocycles. The van der Waals surface area contributed by atoms with E-state index in [1.807, 2.05) is 7.05 Å². The van der Waals surface area contributed by atoms with Gasteiger partial charge < -0.3 is 4.90 Å². The summed E-state index contributed by atoms with van der Waals surface area (Å²) in [7, 11) is 1.82. The van der Waals surface area contributed by atoms with Gasteiger partial charge in [0.05, 0.1) is 6.07 Å². The summed E-state index contributed by atoms with van der Waals surface area (Å²) in [5, 5.41) is 16.4. The summed E-state index contributed by atoms with van der Waals surface area (Å²) in [4.78, 5) is 14.3. The van der Waals surface area contributed by atoms with Gasteiger partial charge in [-0.2, -0.15) is 5.26 Å². The van der Waals surface area contributed by atoms with Crippen LogP contribution in [-0.2, 0) is 0 Å². The van der Waals surface area contributed by atoms with Crippen LogP contribution in [0.5, 0.6) is 0 Å². The highest BCUT2D eigenvalue weighted by molar-refractivity contribution is 5.97. The maximum absolute atomic E-state index is 12.5. The van der Waals surface area contributed by atoms with Crippen LogP contribution >= 0.6 is 0 Å². The predicted molar refractivity (Wildman–Crippen MR) is 75.3 cm³/mol. The zero-order valence-corrected chi connectivity index (χ0v) is 11.8. The fraction of sp³-hybridized carbons (Fsp3) is 0.467. The molecular formula is C15H16N4O2. The summed E-state index contributed by atoms with van der Waals surface area (Å²) in [6.07, 6.45) is 3.50. The lowest BCUT2D eigenvalue weighted by Crippen LogP contribution is -2.39. The number of hydrogen-bond donors (Lipinski definition) is 0. The normalized spacial score (nSPS) is 21.9. The molecule has 1 aliphatic carbocycles. The summed E-state index contributed by atoms with van der Waals surface area (Å²) in [6.45, 7) is 0. The molecule has 3 rings (SSSR count). The van der Waals surface area contributed by atoms with E-state index in [0.29, 0.717) is 16.6 Å². The summed E-state index contributed by atoms with van der Waals surface area (Å²) in [5.41, 5.74) is 1.81. The molecule has 108 valence electrons. The van der Waals surface area contributed by atoms with Crippen LogP contribution in [0.2, 0.25) is 0 Å². The van der Waals surface area contributed by atoms with Crippen molar-refractivity contribution in [2.75, 3.05) is 7.05 Å². The number of rotatable bonds is 2. The number of carbonyl (C=O) groups excluding carboxylic acids is 1. The number of hydrogen-bond acceptors (Lipinski definition) is 5. The first-order valence-electron chi connectivity index (χ1n) is 7.08. The fourth-order valence-corrected chi connectivity index (χ4v) is 2.88. The lowest BCUT2D eigenvalue weighted by molar-refractivity contribution is 0.0686. The quantitative estimate of drug-likeness (QED) is 0.845. The van der Waals surface area contributed by atoms with E-state index >= 15 is 0 Å². The summed E-state index contributed by atoms with van der Waals surface area (Å²) >= 11 is 0. The van der Waals surface area contributed by atoms with Gasteiger partial charge in [-0.15, -0.1) is 0 Å². The Balaban J connectivity index is 1.73. The summed E-state index contributed by atoms with van der Waals surface area (Å²) in [6, 6.07) is 7.69. The first kappa shape index (κ1) is 13.6. The molecule has 0 saturated heterocycles. The molecule has 0 aliphatic heterocycles. The highest BCUT2D eigenvalue weighted by atomic mass is 16.6. The van der Waals surface area contributed by atoms with Crippen molar-refractivity contribution >= 4 is 16.9 Å². The Morgan fingerprint density at radius 2 is 2.00 bits per heavy atom. The Hall–Kier alpha value is -2.42. The van der Waals surface area contributed by atoms with E-state index in [1.54, 1.807) is 23.1 Å². The lowest BCUT2D eigenvalue weighted by atomic mass is 9.86. The molecular weight excluding hydrogens is 268 g/mol. The van der Waals surface area contributed by atoms with Crippen LogP contribution in [0.1, 0.15) is 36.0 Å². The molecule has 6 heteroatoms. The molecule has 1 aromatic heterocycles. The Morgan fingerprint density at radius 1 is 1.29 bits per heavy atom. The van der Waals surface area contributed by atoms with Crippen LogP contribution in [0, 0.1) is 17.2 Å². The first-order valence-corrected chi connectivity index (χ1v) is 7.08. The average Bonchev–Trinajstić information content (AvgIpc) is 3.01. The zero-order valence-electron chi connectivity index (χ0n) is 11.8. The zero-order chi connectivity index (χ0) is 14.8. The van der Waals surface area contributed by atoms with Crippen molar-refractivity contribution in [3.63, 3.8) is 0 Å². The second-order valence-electron chi connectivity index (χ2n) is 5.52. The number of nitrogens with zero attached hydrogens (tertiary/aromatic N) is 4. The molecule has 0 bridgehead atoms. The van der Waals surface area contributed by atoms with Crippen molar-refractivity contribution in [2.45, 2.75) is 31.7 Å². The molecule has 1 aromatic carbocycles. The van der Waals surface area contributed by atoms with Crippen LogP contribution in [-0.4, -0.2) is 34.2 Å². The van der Waals surface area contributed by atoms with E-state index in [-0.39, 0.29) is 17.9 Å². The van der Waals surface area contributed by atoms with Gasteiger partial charge >= 0.3 is 0 Å². The SMILES string of the molecule is CN(C(=O)c1ccc2nonc2c1)[C@H]1CC[C@H](C#N)CC1. The number of fused-ring (bicyclic) bond motifs is 1. The van der Waals surface area contributed by atoms with E-state index in [4.69, 9.17) is 5.26 Å². The third-order valence-corrected chi connectivity index (χ3v) is 4.25. The minimum absolute atomic E-state index is 0.0275. The van der Waals surface area contributed by atoms with Gasteiger partial charge in [-0.1, -0.05) is 0 Å². The van der Waals surface area contributed by atoms with Crippen LogP contribution in [0.15, 0.2) is 22.8 Å². The Labute approximate surface area is 122 Å². The fourth-order valence-electron chi connectivity index (χ4n) is 2.88. The molecule has 1 amide bonds. The van der Waals surface area contributed by atoms with Crippen LogP contribution in [0.3, 0.4) is 0 Å². The Bertz CT molecular complexity index is 695. The van der Waals surface area contributed by atoms with Gasteiger partial charge in [-0.25, -0.2) is 4.63 Å². The van der Waals surface area contributed by atoms with Gasteiger partial charge in [0.2, 0.25) is 0 Å². The maximum atomic E-state index is 12.5. The molecule has 21 heavy (non-hydrogen) atoms. The number of nitriles is 1. The van der Waals surface area contributed by atoms with E-state index in [2.05, 4.69) is 21.0 Å². The highest BCUT2D eigenvalue weighted by Crippen LogP contribution is 2.27. The molecule has 0 N–H and O–H groups in total. The van der Waals surface area contributed by atoms with Gasteiger partial charge in [0, 0.05) is 24.6 Å². The van der Waals surface area contributed by atoms with E-state index in [0.717, 1.165) is 25.7 Å². The second-order valence-corrected chi connectivity index (χ2v) is 5.52. The molecule has 1 fully saturated rings. The summed E-state index contributed by atoms with van der Waals surface area (Å²) < 4.78 is 4.65. The first-order chi connectivity index (χ1) is 10.2. The second kappa shape index (κ2) is 5.52. The predicted octanol–water partition coefficient (Wildman–Crippen LogP) is 2.38. The van der Waals surface area contributed by atoms with Crippen molar-refractivity contribution < 1.29 is 9.42 Å². The molecule has 0 atom stereocenters. The lowest BCUT2D eigenvalue weighted by Gasteiger charge is -2.32. The van der Waals surface area contributed by atoms with Gasteiger partial charge in [0.15, 0.2) is 0 Å². The molecule has 1 aliphatic rings. The van der Waals surface area contributed by atoms with E-state index < -0.39 is 0 Å². The molecule has 0 radical (unpaired) electrons. The standard InChI is InChI=1S/C15H16N4O2/c1-19(12-5-2-10(9-16)3-6-12)15(20)11-4-7-13-14(8-11)18-21-17-13/h4,7-8,10,12H,2-3,5-6H2,1H3/t10-,12-. The minimum atomic E-state index is -0.0275. The van der Waals surface area contributed by atoms with Gasteiger partial charge in [0.1, 0.15) is 11.0 Å².